The first-order chi connectivity index (χ1) is 11.5. The van der Waals surface area contributed by atoms with Crippen LogP contribution in [-0.4, -0.2) is 35.2 Å². The molecule has 3 rings (SSSR count). The number of benzene rings is 1. The molecule has 0 bridgehead atoms. The minimum Gasteiger partial charge on any atom is -0.336 e. The highest BCUT2D eigenvalue weighted by Gasteiger charge is 2.22. The topological polar surface area (TPSA) is 87.2 Å². The lowest BCUT2D eigenvalue weighted by molar-refractivity contribution is 0.102. The number of carbonyl (C=O) groups excluding carboxylic acids is 2. The van der Waals surface area contributed by atoms with Gasteiger partial charge in [-0.05, 0) is 24.1 Å². The molecule has 24 heavy (non-hydrogen) atoms. The molecule has 1 aliphatic heterocycles. The van der Waals surface area contributed by atoms with Gasteiger partial charge in [-0.2, -0.15) is 0 Å². The summed E-state index contributed by atoms with van der Waals surface area (Å²) >= 11 is 1.39. The van der Waals surface area contributed by atoms with Crippen LogP contribution in [0.2, 0.25) is 0 Å². The summed E-state index contributed by atoms with van der Waals surface area (Å²) < 4.78 is 0. The van der Waals surface area contributed by atoms with Crippen molar-refractivity contribution in [3.8, 4) is 0 Å². The van der Waals surface area contributed by atoms with Gasteiger partial charge in [-0.15, -0.1) is 10.2 Å². The van der Waals surface area contributed by atoms with Crippen molar-refractivity contribution in [2.45, 2.75) is 20.3 Å². The average Bonchev–Trinajstić information content (AvgIpc) is 3.16. The van der Waals surface area contributed by atoms with E-state index < -0.39 is 0 Å². The molecule has 8 heteroatoms. The zero-order valence-corrected chi connectivity index (χ0v) is 14.4. The van der Waals surface area contributed by atoms with Gasteiger partial charge in [-0.3, -0.25) is 15.0 Å². The van der Waals surface area contributed by atoms with Gasteiger partial charge >= 0.3 is 6.03 Å². The van der Waals surface area contributed by atoms with E-state index in [0.717, 1.165) is 11.4 Å². The van der Waals surface area contributed by atoms with E-state index in [1.165, 1.54) is 11.3 Å². The van der Waals surface area contributed by atoms with Crippen molar-refractivity contribution in [1.29, 1.82) is 0 Å². The van der Waals surface area contributed by atoms with E-state index in [2.05, 4.69) is 34.7 Å². The third-order valence-electron chi connectivity index (χ3n) is 3.55. The summed E-state index contributed by atoms with van der Waals surface area (Å²) in [4.78, 5) is 25.8. The maximum absolute atomic E-state index is 12.4. The van der Waals surface area contributed by atoms with Crippen molar-refractivity contribution < 1.29 is 9.59 Å². The summed E-state index contributed by atoms with van der Waals surface area (Å²) in [6.45, 7) is 5.43. The zero-order chi connectivity index (χ0) is 17.1. The highest BCUT2D eigenvalue weighted by molar-refractivity contribution is 7.15. The number of nitrogens with one attached hydrogen (secondary N) is 2. The van der Waals surface area contributed by atoms with Crippen LogP contribution in [-0.2, 0) is 6.42 Å². The fraction of sp³-hybridized carbons (Fsp3) is 0.375. The maximum atomic E-state index is 12.4. The summed E-state index contributed by atoms with van der Waals surface area (Å²) in [5, 5.41) is 15.0. The summed E-state index contributed by atoms with van der Waals surface area (Å²) in [7, 11) is 0. The van der Waals surface area contributed by atoms with Gasteiger partial charge in [0.2, 0.25) is 5.13 Å². The molecule has 0 spiro atoms. The Morgan fingerprint density at radius 3 is 2.96 bits per heavy atom. The van der Waals surface area contributed by atoms with Crippen LogP contribution in [0.4, 0.5) is 15.6 Å². The molecule has 0 aliphatic carbocycles. The first kappa shape index (κ1) is 16.4. The molecule has 1 aromatic carbocycles. The maximum Gasteiger partial charge on any atom is 0.321 e. The molecular weight excluding hydrogens is 326 g/mol. The van der Waals surface area contributed by atoms with Gasteiger partial charge in [0, 0.05) is 30.8 Å². The molecular formula is C16H19N5O2S. The lowest BCUT2D eigenvalue weighted by atomic mass is 10.1. The quantitative estimate of drug-likeness (QED) is 0.872. The van der Waals surface area contributed by atoms with Crippen LogP contribution in [0.5, 0.6) is 0 Å². The molecule has 3 amide bonds. The van der Waals surface area contributed by atoms with E-state index in [4.69, 9.17) is 0 Å². The first-order valence-corrected chi connectivity index (χ1v) is 8.64. The molecule has 1 aromatic heterocycles. The molecule has 1 fully saturated rings. The number of hydrogen-bond donors (Lipinski definition) is 2. The van der Waals surface area contributed by atoms with E-state index >= 15 is 0 Å². The minimum absolute atomic E-state index is 0.144. The van der Waals surface area contributed by atoms with Crippen molar-refractivity contribution in [1.82, 2.24) is 15.5 Å². The summed E-state index contributed by atoms with van der Waals surface area (Å²) in [5.74, 6) is 0.230. The number of amides is 3. The zero-order valence-electron chi connectivity index (χ0n) is 13.6. The number of anilines is 2. The molecule has 7 nitrogen and oxygen atoms in total. The highest BCUT2D eigenvalue weighted by atomic mass is 32.1. The van der Waals surface area contributed by atoms with E-state index in [9.17, 15) is 9.59 Å². The van der Waals surface area contributed by atoms with E-state index in [-0.39, 0.29) is 11.9 Å². The van der Waals surface area contributed by atoms with Crippen LogP contribution in [0.15, 0.2) is 24.3 Å². The monoisotopic (exact) mass is 345 g/mol. The number of nitrogens with zero attached hydrogens (tertiary/aromatic N) is 3. The molecule has 0 unspecified atom stereocenters. The standard InChI is InChI=1S/C16H19N5O2S/c1-10(2)8-13-19-20-15(24-13)18-14(22)11-4-3-5-12(9-11)21-7-6-17-16(21)23/h3-5,9-10H,6-8H2,1-2H3,(H,17,23)(H,18,20,22). The Kier molecular flexibility index (Phi) is 4.75. The fourth-order valence-corrected chi connectivity index (χ4v) is 3.39. The first-order valence-electron chi connectivity index (χ1n) is 7.82. The van der Waals surface area contributed by atoms with Crippen molar-refractivity contribution in [3.63, 3.8) is 0 Å². The third-order valence-corrected chi connectivity index (χ3v) is 4.41. The lowest BCUT2D eigenvalue weighted by Gasteiger charge is -2.14. The second-order valence-electron chi connectivity index (χ2n) is 5.99. The highest BCUT2D eigenvalue weighted by Crippen LogP contribution is 2.21. The van der Waals surface area contributed by atoms with Crippen LogP contribution < -0.4 is 15.5 Å². The number of urea groups is 1. The SMILES string of the molecule is CC(C)Cc1nnc(NC(=O)c2cccc(N3CCNC3=O)c2)s1. The van der Waals surface area contributed by atoms with Crippen molar-refractivity contribution in [3.05, 3.63) is 34.8 Å². The largest absolute Gasteiger partial charge is 0.336 e. The molecule has 2 N–H and O–H groups in total. The normalized spacial score (nSPS) is 14.1. The summed E-state index contributed by atoms with van der Waals surface area (Å²) in [6.07, 6.45) is 0.840. The second-order valence-corrected chi connectivity index (χ2v) is 7.05. The van der Waals surface area contributed by atoms with Crippen LogP contribution in [0, 0.1) is 5.92 Å². The van der Waals surface area contributed by atoms with Crippen LogP contribution >= 0.6 is 11.3 Å². The third kappa shape index (κ3) is 3.70. The van der Waals surface area contributed by atoms with Gasteiger partial charge in [0.05, 0.1) is 0 Å². The fourth-order valence-electron chi connectivity index (χ4n) is 2.44. The molecule has 2 aromatic rings. The number of rotatable bonds is 5. The Hall–Kier alpha value is -2.48. The summed E-state index contributed by atoms with van der Waals surface area (Å²) in [5.41, 5.74) is 1.18. The number of carbonyl (C=O) groups is 2. The molecule has 1 saturated heterocycles. The summed E-state index contributed by atoms with van der Waals surface area (Å²) in [6, 6.07) is 6.85. The van der Waals surface area contributed by atoms with Crippen LogP contribution in [0.1, 0.15) is 29.2 Å². The van der Waals surface area contributed by atoms with Gasteiger partial charge < -0.3 is 5.32 Å². The Morgan fingerprint density at radius 2 is 2.25 bits per heavy atom. The van der Waals surface area contributed by atoms with Gasteiger partial charge in [0.1, 0.15) is 5.01 Å². The van der Waals surface area contributed by atoms with Crippen LogP contribution in [0.3, 0.4) is 0 Å². The molecule has 0 atom stereocenters. The Labute approximate surface area is 144 Å². The van der Waals surface area contributed by atoms with E-state index in [1.54, 1.807) is 23.1 Å². The lowest BCUT2D eigenvalue weighted by Crippen LogP contribution is -2.27. The van der Waals surface area contributed by atoms with Crippen molar-refractivity contribution >= 4 is 34.1 Å². The molecule has 0 saturated carbocycles. The Morgan fingerprint density at radius 1 is 1.42 bits per heavy atom. The minimum atomic E-state index is -0.260. The molecule has 1 aliphatic rings. The smallest absolute Gasteiger partial charge is 0.321 e. The van der Waals surface area contributed by atoms with Gasteiger partial charge in [0.25, 0.3) is 5.91 Å². The number of hydrogen-bond acceptors (Lipinski definition) is 5. The Bertz CT molecular complexity index is 758. The van der Waals surface area contributed by atoms with Gasteiger partial charge in [-0.25, -0.2) is 4.79 Å². The number of aromatic nitrogens is 2. The van der Waals surface area contributed by atoms with Crippen molar-refractivity contribution in [2.75, 3.05) is 23.3 Å². The van der Waals surface area contributed by atoms with Gasteiger partial charge in [0.15, 0.2) is 0 Å². The molecule has 2 heterocycles. The molecule has 0 radical (unpaired) electrons. The van der Waals surface area contributed by atoms with E-state index in [0.29, 0.717) is 35.4 Å². The molecule has 126 valence electrons. The van der Waals surface area contributed by atoms with Crippen LogP contribution in [0.25, 0.3) is 0 Å². The predicted octanol–water partition coefficient (Wildman–Crippen LogP) is 2.52. The van der Waals surface area contributed by atoms with E-state index in [1.807, 2.05) is 6.07 Å². The predicted molar refractivity (Wildman–Crippen MR) is 93.6 cm³/mol. The Balaban J connectivity index is 1.71. The second kappa shape index (κ2) is 6.96. The average molecular weight is 345 g/mol. The van der Waals surface area contributed by atoms with Gasteiger partial charge in [-0.1, -0.05) is 31.3 Å². The van der Waals surface area contributed by atoms with Crippen molar-refractivity contribution in [2.24, 2.45) is 5.92 Å².